The molecule has 0 aliphatic heterocycles. The van der Waals surface area contributed by atoms with Crippen LogP contribution in [0.4, 0.5) is 18.9 Å². The van der Waals surface area contributed by atoms with Gasteiger partial charge in [-0.05, 0) is 68.7 Å². The van der Waals surface area contributed by atoms with E-state index in [-0.39, 0.29) is 23.9 Å². The molecule has 2 amide bonds. The molecule has 0 heterocycles. The van der Waals surface area contributed by atoms with Gasteiger partial charge in [0.15, 0.2) is 0 Å². The summed E-state index contributed by atoms with van der Waals surface area (Å²) in [5.41, 5.74) is 1.49. The van der Waals surface area contributed by atoms with Gasteiger partial charge < -0.3 is 10.2 Å². The summed E-state index contributed by atoms with van der Waals surface area (Å²) in [7, 11) is -4.61. The highest BCUT2D eigenvalue weighted by molar-refractivity contribution is 7.92. The van der Waals surface area contributed by atoms with Gasteiger partial charge in [-0.25, -0.2) is 8.42 Å². The topological polar surface area (TPSA) is 86.8 Å². The molecule has 4 aromatic carbocycles. The van der Waals surface area contributed by atoms with Gasteiger partial charge in [0.05, 0.1) is 21.2 Å². The standard InChI is InChI=1S/C37H39ClF3N3O4S/c1-5-27(4)42-36(46)34(21-28-9-7-6-8-10-28)43(23-29-15-11-25(2)12-16-29)35(45)24-44(49(47,48)31-18-13-26(3)14-19-31)30-17-20-33(38)32(22-30)37(39,40)41/h6-20,22,27,34H,5,21,23-24H2,1-4H3,(H,42,46)/t27-,34+/m1/s1. The summed E-state index contributed by atoms with van der Waals surface area (Å²) < 4.78 is 70.9. The lowest BCUT2D eigenvalue weighted by molar-refractivity contribution is -0.140. The van der Waals surface area contributed by atoms with Gasteiger partial charge in [-0.2, -0.15) is 13.2 Å². The number of nitrogens with zero attached hydrogens (tertiary/aromatic N) is 2. The fourth-order valence-corrected chi connectivity index (χ4v) is 6.77. The summed E-state index contributed by atoms with van der Waals surface area (Å²) in [6.45, 7) is 6.42. The van der Waals surface area contributed by atoms with Crippen LogP contribution in [0, 0.1) is 13.8 Å². The minimum Gasteiger partial charge on any atom is -0.352 e. The van der Waals surface area contributed by atoms with Crippen LogP contribution in [0.25, 0.3) is 0 Å². The number of alkyl halides is 3. The van der Waals surface area contributed by atoms with Crippen molar-refractivity contribution in [3.05, 3.63) is 130 Å². The molecule has 0 aliphatic carbocycles. The summed E-state index contributed by atoms with van der Waals surface area (Å²) in [5, 5.41) is 2.33. The second-order valence-corrected chi connectivity index (χ2v) is 14.3. The summed E-state index contributed by atoms with van der Waals surface area (Å²) in [5.74, 6) is -1.24. The zero-order valence-electron chi connectivity index (χ0n) is 27.7. The Balaban J connectivity index is 1.87. The maximum Gasteiger partial charge on any atom is 0.417 e. The molecule has 2 atom stereocenters. The van der Waals surface area contributed by atoms with Crippen molar-refractivity contribution in [1.29, 1.82) is 0 Å². The molecule has 7 nitrogen and oxygen atoms in total. The molecule has 49 heavy (non-hydrogen) atoms. The van der Waals surface area contributed by atoms with E-state index in [4.69, 9.17) is 11.6 Å². The average molecular weight is 714 g/mol. The second kappa shape index (κ2) is 15.9. The molecular formula is C37H39ClF3N3O4S. The zero-order valence-corrected chi connectivity index (χ0v) is 29.2. The molecular weight excluding hydrogens is 675 g/mol. The molecule has 0 bridgehead atoms. The van der Waals surface area contributed by atoms with Crippen LogP contribution in [0.5, 0.6) is 0 Å². The first-order valence-electron chi connectivity index (χ1n) is 15.8. The minimum atomic E-state index is -4.90. The van der Waals surface area contributed by atoms with Crippen molar-refractivity contribution in [1.82, 2.24) is 10.2 Å². The van der Waals surface area contributed by atoms with E-state index in [1.54, 1.807) is 43.3 Å². The lowest BCUT2D eigenvalue weighted by Crippen LogP contribution is -2.54. The molecule has 4 rings (SSSR count). The number of hydrogen-bond donors (Lipinski definition) is 1. The first-order chi connectivity index (χ1) is 23.1. The maximum atomic E-state index is 14.6. The molecule has 0 saturated heterocycles. The Kier molecular flexibility index (Phi) is 12.2. The van der Waals surface area contributed by atoms with Gasteiger partial charge in [-0.1, -0.05) is 96.4 Å². The van der Waals surface area contributed by atoms with Crippen LogP contribution in [0.3, 0.4) is 0 Å². The number of amides is 2. The van der Waals surface area contributed by atoms with Crippen molar-refractivity contribution in [2.24, 2.45) is 0 Å². The van der Waals surface area contributed by atoms with Gasteiger partial charge in [0.2, 0.25) is 11.8 Å². The van der Waals surface area contributed by atoms with Gasteiger partial charge in [-0.15, -0.1) is 0 Å². The summed E-state index contributed by atoms with van der Waals surface area (Å²) >= 11 is 5.89. The van der Waals surface area contributed by atoms with Crippen molar-refractivity contribution < 1.29 is 31.2 Å². The molecule has 0 unspecified atom stereocenters. The van der Waals surface area contributed by atoms with Crippen LogP contribution < -0.4 is 9.62 Å². The third kappa shape index (κ3) is 9.64. The molecule has 0 aliphatic rings. The Hall–Kier alpha value is -4.35. The quantitative estimate of drug-likeness (QED) is 0.154. The maximum absolute atomic E-state index is 14.6. The number of aryl methyl sites for hydroxylation is 2. The smallest absolute Gasteiger partial charge is 0.352 e. The Morgan fingerprint density at radius 2 is 1.45 bits per heavy atom. The molecule has 0 fully saturated rings. The SMILES string of the molecule is CC[C@@H](C)NC(=O)[C@H](Cc1ccccc1)N(Cc1ccc(C)cc1)C(=O)CN(c1ccc(Cl)c(C(F)(F)F)c1)S(=O)(=O)c1ccc(C)cc1. The number of carbonyl (C=O) groups excluding carboxylic acids is 2. The number of hydrogen-bond acceptors (Lipinski definition) is 4. The van der Waals surface area contributed by atoms with Gasteiger partial charge in [-0.3, -0.25) is 13.9 Å². The minimum absolute atomic E-state index is 0.0720. The second-order valence-electron chi connectivity index (χ2n) is 12.0. The summed E-state index contributed by atoms with van der Waals surface area (Å²) in [4.78, 5) is 29.6. The predicted octanol–water partition coefficient (Wildman–Crippen LogP) is 7.73. The van der Waals surface area contributed by atoms with Crippen LogP contribution in [-0.4, -0.2) is 43.8 Å². The Labute approximate surface area is 290 Å². The van der Waals surface area contributed by atoms with E-state index in [0.29, 0.717) is 22.4 Å². The first kappa shape index (κ1) is 37.5. The molecule has 4 aromatic rings. The normalized spacial score (nSPS) is 13.0. The lowest BCUT2D eigenvalue weighted by Gasteiger charge is -2.34. The molecule has 260 valence electrons. The lowest BCUT2D eigenvalue weighted by atomic mass is 10.0. The number of benzene rings is 4. The fraction of sp³-hybridized carbons (Fsp3) is 0.297. The largest absolute Gasteiger partial charge is 0.417 e. The van der Waals surface area contributed by atoms with Crippen LogP contribution in [0.15, 0.2) is 102 Å². The van der Waals surface area contributed by atoms with E-state index in [9.17, 15) is 31.2 Å². The molecule has 0 radical (unpaired) electrons. The number of anilines is 1. The molecule has 0 saturated carbocycles. The van der Waals surface area contributed by atoms with E-state index in [2.05, 4.69) is 5.32 Å². The fourth-order valence-electron chi connectivity index (χ4n) is 5.14. The van der Waals surface area contributed by atoms with Crippen molar-refractivity contribution >= 4 is 39.1 Å². The van der Waals surface area contributed by atoms with Crippen molar-refractivity contribution in [3.63, 3.8) is 0 Å². The molecule has 0 spiro atoms. The van der Waals surface area contributed by atoms with E-state index in [1.807, 2.05) is 51.1 Å². The highest BCUT2D eigenvalue weighted by Crippen LogP contribution is 2.38. The van der Waals surface area contributed by atoms with Crippen LogP contribution >= 0.6 is 11.6 Å². The average Bonchev–Trinajstić information content (AvgIpc) is 3.06. The number of halogens is 4. The van der Waals surface area contributed by atoms with Gasteiger partial charge in [0.25, 0.3) is 10.0 Å². The third-order valence-electron chi connectivity index (χ3n) is 8.18. The monoisotopic (exact) mass is 713 g/mol. The first-order valence-corrected chi connectivity index (χ1v) is 17.6. The number of nitrogens with one attached hydrogen (secondary N) is 1. The van der Waals surface area contributed by atoms with Crippen LogP contribution in [0.2, 0.25) is 5.02 Å². The molecule has 12 heteroatoms. The number of sulfonamides is 1. The molecule has 0 aromatic heterocycles. The van der Waals surface area contributed by atoms with Gasteiger partial charge >= 0.3 is 6.18 Å². The summed E-state index contributed by atoms with van der Waals surface area (Å²) in [6, 6.07) is 23.5. The van der Waals surface area contributed by atoms with Crippen LogP contribution in [0.1, 0.15) is 48.1 Å². The Morgan fingerprint density at radius 1 is 0.857 bits per heavy atom. The van der Waals surface area contributed by atoms with E-state index < -0.39 is 56.9 Å². The number of rotatable bonds is 13. The van der Waals surface area contributed by atoms with Crippen LogP contribution in [-0.2, 0) is 38.8 Å². The van der Waals surface area contributed by atoms with E-state index >= 15 is 0 Å². The molecule has 1 N–H and O–H groups in total. The van der Waals surface area contributed by atoms with Gasteiger partial charge in [0.1, 0.15) is 12.6 Å². The Morgan fingerprint density at radius 3 is 2.02 bits per heavy atom. The zero-order chi connectivity index (χ0) is 35.9. The van der Waals surface area contributed by atoms with Gasteiger partial charge in [0, 0.05) is 19.0 Å². The highest BCUT2D eigenvalue weighted by atomic mass is 35.5. The van der Waals surface area contributed by atoms with E-state index in [0.717, 1.165) is 28.8 Å². The summed E-state index contributed by atoms with van der Waals surface area (Å²) in [6.07, 6.45) is -4.18. The van der Waals surface area contributed by atoms with Crippen molar-refractivity contribution in [2.75, 3.05) is 10.8 Å². The third-order valence-corrected chi connectivity index (χ3v) is 10.3. The van der Waals surface area contributed by atoms with Crippen molar-refractivity contribution in [3.8, 4) is 0 Å². The predicted molar refractivity (Wildman–Crippen MR) is 186 cm³/mol. The number of carbonyl (C=O) groups is 2. The van der Waals surface area contributed by atoms with Crippen molar-refractivity contribution in [2.45, 2.75) is 70.2 Å². The Bertz CT molecular complexity index is 1850. The highest BCUT2D eigenvalue weighted by Gasteiger charge is 2.38. The van der Waals surface area contributed by atoms with E-state index in [1.165, 1.54) is 17.0 Å².